The quantitative estimate of drug-likeness (QED) is 0.182. The molecule has 2 heterocycles. The topological polar surface area (TPSA) is 8.17 Å². The van der Waals surface area contributed by atoms with E-state index >= 15 is 0 Å². The van der Waals surface area contributed by atoms with Gasteiger partial charge in [0.2, 0.25) is 0 Å². The van der Waals surface area contributed by atoms with Crippen molar-refractivity contribution in [2.75, 3.05) is 4.90 Å². The highest BCUT2D eigenvalue weighted by Crippen LogP contribution is 2.55. The van der Waals surface area contributed by atoms with E-state index in [2.05, 4.69) is 158 Å². The Labute approximate surface area is 268 Å². The molecule has 1 aliphatic rings. The summed E-state index contributed by atoms with van der Waals surface area (Å²) in [7, 11) is 0. The second-order valence-electron chi connectivity index (χ2n) is 13.4. The maximum absolute atomic E-state index is 2.50. The van der Waals surface area contributed by atoms with Crippen LogP contribution >= 0.6 is 0 Å². The molecule has 0 unspecified atom stereocenters. The predicted octanol–water partition coefficient (Wildman–Crippen LogP) is 12.4. The Hall–Kier alpha value is -5.60. The molecule has 2 heteroatoms. The second-order valence-corrected chi connectivity index (χ2v) is 13.4. The van der Waals surface area contributed by atoms with Crippen LogP contribution in [0, 0.1) is 27.7 Å². The van der Waals surface area contributed by atoms with Gasteiger partial charge >= 0.3 is 0 Å². The van der Waals surface area contributed by atoms with Crippen LogP contribution < -0.4 is 4.90 Å². The first kappa shape index (κ1) is 25.7. The van der Waals surface area contributed by atoms with Gasteiger partial charge in [-0.1, -0.05) is 66.7 Å². The maximum Gasteiger partial charge on any atom is 0.0620 e. The number of aryl methyl sites for hydroxylation is 4. The summed E-state index contributed by atoms with van der Waals surface area (Å²) in [6.07, 6.45) is 0. The third-order valence-corrected chi connectivity index (χ3v) is 10.1. The van der Waals surface area contributed by atoms with Crippen molar-refractivity contribution in [1.82, 2.24) is 4.57 Å². The van der Waals surface area contributed by atoms with Crippen LogP contribution in [0.25, 0.3) is 70.9 Å². The summed E-state index contributed by atoms with van der Waals surface area (Å²) in [5.41, 5.74) is 15.1. The Morgan fingerprint density at radius 3 is 1.87 bits per heavy atom. The number of para-hydroxylation sites is 2. The lowest BCUT2D eigenvalue weighted by Gasteiger charge is -2.34. The van der Waals surface area contributed by atoms with Crippen molar-refractivity contribution in [3.8, 4) is 16.8 Å². The van der Waals surface area contributed by atoms with Gasteiger partial charge in [0.25, 0.3) is 0 Å². The average Bonchev–Trinajstić information content (AvgIpc) is 3.37. The first-order valence-electron chi connectivity index (χ1n) is 16.2. The monoisotopic (exact) mass is 588 g/mol. The summed E-state index contributed by atoms with van der Waals surface area (Å²) >= 11 is 0. The van der Waals surface area contributed by atoms with Crippen molar-refractivity contribution < 1.29 is 0 Å². The van der Waals surface area contributed by atoms with Crippen molar-refractivity contribution in [2.45, 2.75) is 27.7 Å². The molecule has 0 amide bonds. The molecule has 0 bridgehead atoms. The highest BCUT2D eigenvalue weighted by Gasteiger charge is 2.29. The van der Waals surface area contributed by atoms with Crippen LogP contribution in [-0.4, -0.2) is 4.57 Å². The fraction of sp³-hybridized carbons (Fsp3) is 0.0909. The maximum atomic E-state index is 2.50. The third kappa shape index (κ3) is 3.36. The molecular formula is C44H32N2. The molecule has 10 rings (SSSR count). The normalized spacial score (nSPS) is 12.7. The summed E-state index contributed by atoms with van der Waals surface area (Å²) in [6.45, 7) is 8.79. The first-order valence-corrected chi connectivity index (χ1v) is 16.2. The zero-order valence-corrected chi connectivity index (χ0v) is 26.4. The molecule has 9 aromatic rings. The molecule has 2 nitrogen and oxygen atoms in total. The lowest BCUT2D eigenvalue weighted by Crippen LogP contribution is -2.15. The summed E-state index contributed by atoms with van der Waals surface area (Å²) in [6, 6.07) is 45.9. The smallest absolute Gasteiger partial charge is 0.0620 e. The van der Waals surface area contributed by atoms with E-state index in [4.69, 9.17) is 0 Å². The number of rotatable bonds is 2. The number of anilines is 3. The van der Waals surface area contributed by atoms with Crippen LogP contribution in [-0.2, 0) is 0 Å². The summed E-state index contributed by atoms with van der Waals surface area (Å²) in [4.78, 5) is 2.48. The van der Waals surface area contributed by atoms with E-state index in [1.54, 1.807) is 0 Å². The molecule has 0 saturated heterocycles. The van der Waals surface area contributed by atoms with Gasteiger partial charge in [0.1, 0.15) is 0 Å². The summed E-state index contributed by atoms with van der Waals surface area (Å²) < 4.78 is 2.50. The minimum Gasteiger partial charge on any atom is -0.309 e. The van der Waals surface area contributed by atoms with Crippen LogP contribution in [0.5, 0.6) is 0 Å². The molecular weight excluding hydrogens is 556 g/mol. The lowest BCUT2D eigenvalue weighted by atomic mass is 9.84. The van der Waals surface area contributed by atoms with Gasteiger partial charge in [-0.3, -0.25) is 0 Å². The van der Waals surface area contributed by atoms with Crippen LogP contribution in [0.3, 0.4) is 0 Å². The van der Waals surface area contributed by atoms with E-state index in [1.165, 1.54) is 110 Å². The number of fused-ring (bicyclic) bond motifs is 6. The molecule has 1 aromatic heterocycles. The van der Waals surface area contributed by atoms with Gasteiger partial charge in [-0.25, -0.2) is 0 Å². The van der Waals surface area contributed by atoms with E-state index in [0.29, 0.717) is 0 Å². The number of benzene rings is 8. The van der Waals surface area contributed by atoms with Crippen LogP contribution in [0.2, 0.25) is 0 Å². The number of hydrogen-bond donors (Lipinski definition) is 0. The zero-order valence-electron chi connectivity index (χ0n) is 26.4. The van der Waals surface area contributed by atoms with Gasteiger partial charge in [-0.05, 0) is 126 Å². The van der Waals surface area contributed by atoms with Crippen LogP contribution in [0.1, 0.15) is 22.3 Å². The minimum absolute atomic E-state index is 1.21. The van der Waals surface area contributed by atoms with Crippen LogP contribution in [0.4, 0.5) is 17.1 Å². The van der Waals surface area contributed by atoms with Crippen LogP contribution in [0.15, 0.2) is 121 Å². The largest absolute Gasteiger partial charge is 0.309 e. The molecule has 46 heavy (non-hydrogen) atoms. The minimum atomic E-state index is 1.21. The molecule has 0 spiro atoms. The van der Waals surface area contributed by atoms with E-state index in [-0.39, 0.29) is 0 Å². The molecule has 8 aromatic carbocycles. The van der Waals surface area contributed by atoms with E-state index in [9.17, 15) is 0 Å². The van der Waals surface area contributed by atoms with Gasteiger partial charge < -0.3 is 9.47 Å². The van der Waals surface area contributed by atoms with Gasteiger partial charge in [0, 0.05) is 43.9 Å². The fourth-order valence-electron chi connectivity index (χ4n) is 8.55. The van der Waals surface area contributed by atoms with Gasteiger partial charge in [-0.15, -0.1) is 0 Å². The Kier molecular flexibility index (Phi) is 5.02. The van der Waals surface area contributed by atoms with E-state index < -0.39 is 0 Å². The highest BCUT2D eigenvalue weighted by atomic mass is 15.2. The molecule has 218 valence electrons. The summed E-state index contributed by atoms with van der Waals surface area (Å²) in [5.74, 6) is 0. The molecule has 0 N–H and O–H groups in total. The Morgan fingerprint density at radius 2 is 1.09 bits per heavy atom. The number of aromatic nitrogens is 1. The standard InChI is InChI=1S/C44H32N2/c1-25-17-26(2)20-31(19-25)45-38-11-7-5-9-33(38)36-23-30-24-37-34-10-6-8-12-39(34)46(32-21-27(3)18-28(4)22-32)44(37)35-15-13-29-14-16-40(45)43(36)42(29)41(30)35/h5-24H,1-4H3. The predicted molar refractivity (Wildman–Crippen MR) is 197 cm³/mol. The first-order chi connectivity index (χ1) is 22.4. The average molecular weight is 589 g/mol. The van der Waals surface area contributed by atoms with Crippen molar-refractivity contribution in [3.63, 3.8) is 0 Å². The fourth-order valence-corrected chi connectivity index (χ4v) is 8.55. The zero-order chi connectivity index (χ0) is 30.8. The number of nitrogens with zero attached hydrogens (tertiary/aromatic N) is 2. The van der Waals surface area contributed by atoms with Gasteiger partial charge in [0.15, 0.2) is 0 Å². The molecule has 0 aliphatic carbocycles. The van der Waals surface area contributed by atoms with E-state index in [0.717, 1.165) is 0 Å². The van der Waals surface area contributed by atoms with Crippen molar-refractivity contribution in [2.24, 2.45) is 0 Å². The Bertz CT molecular complexity index is 2700. The molecule has 0 saturated carbocycles. The molecule has 1 aliphatic heterocycles. The van der Waals surface area contributed by atoms with Crippen molar-refractivity contribution in [3.05, 3.63) is 144 Å². The van der Waals surface area contributed by atoms with Crippen molar-refractivity contribution >= 4 is 71.2 Å². The third-order valence-electron chi connectivity index (χ3n) is 10.1. The highest BCUT2D eigenvalue weighted by molar-refractivity contribution is 6.36. The summed E-state index contributed by atoms with van der Waals surface area (Å²) in [5, 5.41) is 10.5. The van der Waals surface area contributed by atoms with Crippen molar-refractivity contribution in [1.29, 1.82) is 0 Å². The Balaban J connectivity index is 1.41. The lowest BCUT2D eigenvalue weighted by molar-refractivity contribution is 1.16. The van der Waals surface area contributed by atoms with Gasteiger partial charge in [0.05, 0.1) is 22.4 Å². The SMILES string of the molecule is Cc1cc(C)cc(N2c3ccccc3-c3cc4cc5c6ccccc6n(-c6cc(C)cc(C)c6)c5c5ccc6ccc2c3c6c45)c1. The molecule has 0 fully saturated rings. The second kappa shape index (κ2) is 8.99. The Morgan fingerprint density at radius 1 is 0.413 bits per heavy atom. The molecule has 0 atom stereocenters. The number of hydrogen-bond acceptors (Lipinski definition) is 1. The van der Waals surface area contributed by atoms with Gasteiger partial charge in [-0.2, -0.15) is 0 Å². The molecule has 0 radical (unpaired) electrons. The van der Waals surface area contributed by atoms with E-state index in [1.807, 2.05) is 0 Å².